The molecule has 1 aromatic heterocycles. The van der Waals surface area contributed by atoms with Gasteiger partial charge in [0.15, 0.2) is 0 Å². The normalized spacial score (nSPS) is 9.88. The number of nitrogens with one attached hydrogen (secondary N) is 1. The number of para-hydroxylation sites is 1. The number of nitrogens with zero attached hydrogens (tertiary/aromatic N) is 2. The van der Waals surface area contributed by atoms with Crippen LogP contribution < -0.4 is 10.1 Å². The Morgan fingerprint density at radius 3 is 2.71 bits per heavy atom. The van der Waals surface area contributed by atoms with Gasteiger partial charge in [-0.2, -0.15) is 5.10 Å². The van der Waals surface area contributed by atoms with Gasteiger partial charge in [-0.05, 0) is 30.7 Å². The maximum atomic E-state index is 5.57. The maximum absolute atomic E-state index is 5.57. The van der Waals surface area contributed by atoms with Crippen molar-refractivity contribution in [3.8, 4) is 5.75 Å². The van der Waals surface area contributed by atoms with E-state index in [9.17, 15) is 0 Å². The predicted octanol–water partition coefficient (Wildman–Crippen LogP) is 2.36. The summed E-state index contributed by atoms with van der Waals surface area (Å²) in [7, 11) is 0. The SMILES string of the molecule is c1ccc(OCCCNc2cccnn2)cc1. The summed E-state index contributed by atoms with van der Waals surface area (Å²) in [6, 6.07) is 13.6. The van der Waals surface area contributed by atoms with Gasteiger partial charge in [0, 0.05) is 12.7 Å². The van der Waals surface area contributed by atoms with Gasteiger partial charge in [0.25, 0.3) is 0 Å². The second-order valence-corrected chi connectivity index (χ2v) is 3.55. The second kappa shape index (κ2) is 6.48. The molecule has 2 rings (SSSR count). The van der Waals surface area contributed by atoms with E-state index < -0.39 is 0 Å². The predicted molar refractivity (Wildman–Crippen MR) is 67.1 cm³/mol. The zero-order valence-electron chi connectivity index (χ0n) is 9.54. The first kappa shape index (κ1) is 11.4. The van der Waals surface area contributed by atoms with Crippen LogP contribution in [0.15, 0.2) is 48.7 Å². The summed E-state index contributed by atoms with van der Waals surface area (Å²) < 4.78 is 5.57. The molecule has 0 amide bonds. The summed E-state index contributed by atoms with van der Waals surface area (Å²) in [5.74, 6) is 1.71. The quantitative estimate of drug-likeness (QED) is 0.772. The first-order valence-corrected chi connectivity index (χ1v) is 5.64. The summed E-state index contributed by atoms with van der Waals surface area (Å²) in [4.78, 5) is 0. The standard InChI is InChI=1S/C13H15N3O/c1-2-6-12(7-3-1)17-11-5-9-14-13-8-4-10-15-16-13/h1-4,6-8,10H,5,9,11H2,(H,14,16). The van der Waals surface area contributed by atoms with E-state index in [1.807, 2.05) is 42.5 Å². The molecule has 0 radical (unpaired) electrons. The first-order chi connectivity index (χ1) is 8.45. The van der Waals surface area contributed by atoms with E-state index in [4.69, 9.17) is 4.74 Å². The number of benzene rings is 1. The average molecular weight is 229 g/mol. The van der Waals surface area contributed by atoms with Crippen LogP contribution in [0.3, 0.4) is 0 Å². The van der Waals surface area contributed by atoms with E-state index in [1.54, 1.807) is 6.20 Å². The lowest BCUT2D eigenvalue weighted by atomic mass is 10.3. The van der Waals surface area contributed by atoms with Gasteiger partial charge in [-0.1, -0.05) is 18.2 Å². The van der Waals surface area contributed by atoms with Gasteiger partial charge in [0.1, 0.15) is 11.6 Å². The maximum Gasteiger partial charge on any atom is 0.148 e. The van der Waals surface area contributed by atoms with Crippen LogP contribution in [0.1, 0.15) is 6.42 Å². The van der Waals surface area contributed by atoms with Gasteiger partial charge >= 0.3 is 0 Å². The van der Waals surface area contributed by atoms with Crippen LogP contribution in [-0.4, -0.2) is 23.3 Å². The zero-order chi connectivity index (χ0) is 11.8. The van der Waals surface area contributed by atoms with E-state index in [0.717, 1.165) is 24.5 Å². The Morgan fingerprint density at radius 2 is 1.94 bits per heavy atom. The molecule has 0 aliphatic rings. The third-order valence-corrected chi connectivity index (χ3v) is 2.21. The van der Waals surface area contributed by atoms with Crippen molar-refractivity contribution in [2.75, 3.05) is 18.5 Å². The van der Waals surface area contributed by atoms with Gasteiger partial charge in [-0.25, -0.2) is 0 Å². The van der Waals surface area contributed by atoms with E-state index in [2.05, 4.69) is 15.5 Å². The molecule has 0 fully saturated rings. The van der Waals surface area contributed by atoms with Crippen molar-refractivity contribution in [1.82, 2.24) is 10.2 Å². The van der Waals surface area contributed by atoms with Crippen molar-refractivity contribution in [3.05, 3.63) is 48.7 Å². The second-order valence-electron chi connectivity index (χ2n) is 3.55. The molecule has 0 bridgehead atoms. The van der Waals surface area contributed by atoms with Crippen LogP contribution in [0, 0.1) is 0 Å². The van der Waals surface area contributed by atoms with Crippen molar-refractivity contribution in [3.63, 3.8) is 0 Å². The Morgan fingerprint density at radius 1 is 1.06 bits per heavy atom. The van der Waals surface area contributed by atoms with Crippen molar-refractivity contribution >= 4 is 5.82 Å². The molecule has 0 aliphatic carbocycles. The monoisotopic (exact) mass is 229 g/mol. The third-order valence-electron chi connectivity index (χ3n) is 2.21. The molecule has 0 unspecified atom stereocenters. The Kier molecular flexibility index (Phi) is 4.34. The number of hydrogen-bond acceptors (Lipinski definition) is 4. The topological polar surface area (TPSA) is 47.0 Å². The molecule has 0 spiro atoms. The smallest absolute Gasteiger partial charge is 0.148 e. The number of ether oxygens (including phenoxy) is 1. The summed E-state index contributed by atoms with van der Waals surface area (Å²) in [5, 5.41) is 10.9. The van der Waals surface area contributed by atoms with Crippen LogP contribution >= 0.6 is 0 Å². The molecule has 2 aromatic rings. The van der Waals surface area contributed by atoms with Crippen molar-refractivity contribution < 1.29 is 4.74 Å². The van der Waals surface area contributed by atoms with Crippen LogP contribution in [-0.2, 0) is 0 Å². The van der Waals surface area contributed by atoms with Crippen LogP contribution in [0.4, 0.5) is 5.82 Å². The van der Waals surface area contributed by atoms with Gasteiger partial charge in [0.2, 0.25) is 0 Å². The van der Waals surface area contributed by atoms with E-state index in [0.29, 0.717) is 6.61 Å². The zero-order valence-corrected chi connectivity index (χ0v) is 9.54. The number of rotatable bonds is 6. The minimum absolute atomic E-state index is 0.692. The lowest BCUT2D eigenvalue weighted by Gasteiger charge is -2.06. The summed E-state index contributed by atoms with van der Waals surface area (Å²) in [6.07, 6.45) is 2.58. The highest BCUT2D eigenvalue weighted by Gasteiger charge is 1.93. The lowest BCUT2D eigenvalue weighted by molar-refractivity contribution is 0.315. The first-order valence-electron chi connectivity index (χ1n) is 5.64. The van der Waals surface area contributed by atoms with Crippen molar-refractivity contribution in [2.45, 2.75) is 6.42 Å². The fraction of sp³-hybridized carbons (Fsp3) is 0.231. The Labute approximate surface area is 101 Å². The molecule has 1 N–H and O–H groups in total. The summed E-state index contributed by atoms with van der Waals surface area (Å²) in [6.45, 7) is 1.52. The van der Waals surface area contributed by atoms with Gasteiger partial charge < -0.3 is 10.1 Å². The summed E-state index contributed by atoms with van der Waals surface area (Å²) in [5.41, 5.74) is 0. The minimum atomic E-state index is 0.692. The number of anilines is 1. The fourth-order valence-electron chi connectivity index (χ4n) is 1.39. The lowest BCUT2D eigenvalue weighted by Crippen LogP contribution is -2.08. The molecule has 88 valence electrons. The molecule has 4 heteroatoms. The highest BCUT2D eigenvalue weighted by atomic mass is 16.5. The number of aromatic nitrogens is 2. The van der Waals surface area contributed by atoms with Crippen molar-refractivity contribution in [2.24, 2.45) is 0 Å². The minimum Gasteiger partial charge on any atom is -0.494 e. The van der Waals surface area contributed by atoms with E-state index >= 15 is 0 Å². The van der Waals surface area contributed by atoms with E-state index in [-0.39, 0.29) is 0 Å². The van der Waals surface area contributed by atoms with Crippen LogP contribution in [0.25, 0.3) is 0 Å². The van der Waals surface area contributed by atoms with Gasteiger partial charge in [0.05, 0.1) is 6.61 Å². The van der Waals surface area contributed by atoms with Crippen LogP contribution in [0.5, 0.6) is 5.75 Å². The van der Waals surface area contributed by atoms with Crippen molar-refractivity contribution in [1.29, 1.82) is 0 Å². The Bertz CT molecular complexity index is 378. The molecular weight excluding hydrogens is 214 g/mol. The molecule has 4 nitrogen and oxygen atoms in total. The highest BCUT2D eigenvalue weighted by molar-refractivity contribution is 5.31. The third kappa shape index (κ3) is 4.10. The molecular formula is C13H15N3O. The molecule has 0 aliphatic heterocycles. The van der Waals surface area contributed by atoms with Crippen LogP contribution in [0.2, 0.25) is 0 Å². The average Bonchev–Trinajstić information content (AvgIpc) is 2.41. The molecule has 17 heavy (non-hydrogen) atoms. The highest BCUT2D eigenvalue weighted by Crippen LogP contribution is 2.08. The number of hydrogen-bond donors (Lipinski definition) is 1. The summed E-state index contributed by atoms with van der Waals surface area (Å²) >= 11 is 0. The van der Waals surface area contributed by atoms with E-state index in [1.165, 1.54) is 0 Å². The molecule has 0 atom stereocenters. The van der Waals surface area contributed by atoms with Gasteiger partial charge in [-0.3, -0.25) is 0 Å². The Balaban J connectivity index is 1.61. The molecule has 0 saturated heterocycles. The molecule has 0 saturated carbocycles. The Hall–Kier alpha value is -2.10. The molecule has 1 aromatic carbocycles. The largest absolute Gasteiger partial charge is 0.494 e. The van der Waals surface area contributed by atoms with Gasteiger partial charge in [-0.15, -0.1) is 5.10 Å². The molecule has 1 heterocycles. The fourth-order valence-corrected chi connectivity index (χ4v) is 1.39.